The lowest BCUT2D eigenvalue weighted by atomic mass is 10.3. The van der Waals surface area contributed by atoms with Gasteiger partial charge in [0.05, 0.1) is 145 Å². The molecule has 0 saturated carbocycles. The van der Waals surface area contributed by atoms with Crippen molar-refractivity contribution >= 4 is 0 Å². The minimum atomic E-state index is 0.412. The molecule has 2 heterocycles. The first-order chi connectivity index (χ1) is 36.4. The molecule has 0 aliphatic carbocycles. The van der Waals surface area contributed by atoms with E-state index < -0.39 is 0 Å². The summed E-state index contributed by atoms with van der Waals surface area (Å²) in [5, 5.41) is 0. The molecule has 0 saturated heterocycles. The van der Waals surface area contributed by atoms with Crippen LogP contribution in [-0.2, 0) is 52.1 Å². The van der Waals surface area contributed by atoms with Crippen molar-refractivity contribution in [2.75, 3.05) is 198 Å². The summed E-state index contributed by atoms with van der Waals surface area (Å²) in [5.41, 5.74) is 0. The van der Waals surface area contributed by atoms with Crippen molar-refractivity contribution in [3.63, 3.8) is 0 Å². The summed E-state index contributed by atoms with van der Waals surface area (Å²) in [5.74, 6) is 5.39. The molecule has 0 amide bonds. The van der Waals surface area contributed by atoms with Gasteiger partial charge in [-0.1, -0.05) is 48.5 Å². The molecule has 0 bridgehead atoms. The Morgan fingerprint density at radius 3 is 0.342 bits per heavy atom. The molecule has 4 aromatic rings. The summed E-state index contributed by atoms with van der Waals surface area (Å²) in [4.78, 5) is 0. The number of fused-ring (bicyclic) bond motifs is 4. The molecule has 0 atom stereocenters. The van der Waals surface area contributed by atoms with Gasteiger partial charge in [-0.3, -0.25) is 0 Å². The van der Waals surface area contributed by atoms with Gasteiger partial charge >= 0.3 is 0 Å². The molecular formula is C54H76O19. The fourth-order valence-corrected chi connectivity index (χ4v) is 6.39. The van der Waals surface area contributed by atoms with Crippen LogP contribution in [-0.4, -0.2) is 198 Å². The van der Waals surface area contributed by atoms with Crippen LogP contribution in [0, 0.1) is 0 Å². The standard InChI is InChI=1S/C28H40O10.C26H36O9/c1-2-6-26-25(5-1)35-21-17-31-13-9-29-11-15-33-19-23-37-27-7-3-4-8-28(27)38-24-20-34-16-12-30-10-14-32-18-22-36-26;1-3-7-25-23(5-1)32-19-15-28-11-9-27-10-12-29-16-20-33-24-6-2-4-8-26(24)35-22-18-31-14-13-30-17-21-34-25/h1-8H,9-24H2;1-8H,9-22H2. The van der Waals surface area contributed by atoms with Crippen molar-refractivity contribution < 1.29 is 90.0 Å². The Labute approximate surface area is 430 Å². The Bertz CT molecular complexity index is 1720. The Hall–Kier alpha value is -5.16. The summed E-state index contributed by atoms with van der Waals surface area (Å²) < 4.78 is 108. The van der Waals surface area contributed by atoms with E-state index in [9.17, 15) is 0 Å². The average molecular weight is 1030 g/mol. The van der Waals surface area contributed by atoms with Gasteiger partial charge in [0.1, 0.15) is 52.9 Å². The third-order valence-electron chi connectivity index (χ3n) is 9.88. The maximum atomic E-state index is 5.80. The Morgan fingerprint density at radius 1 is 0.137 bits per heavy atom. The van der Waals surface area contributed by atoms with Crippen LogP contribution in [0.4, 0.5) is 0 Å². The van der Waals surface area contributed by atoms with Crippen LogP contribution in [0.1, 0.15) is 0 Å². The van der Waals surface area contributed by atoms with E-state index >= 15 is 0 Å². The predicted octanol–water partition coefficient (Wildman–Crippen LogP) is 6.01. The van der Waals surface area contributed by atoms with E-state index in [0.29, 0.717) is 244 Å². The van der Waals surface area contributed by atoms with Gasteiger partial charge in [-0.25, -0.2) is 0 Å². The fraction of sp³-hybridized carbons (Fsp3) is 0.556. The molecule has 2 aliphatic rings. The van der Waals surface area contributed by atoms with Crippen LogP contribution in [0.3, 0.4) is 0 Å². The van der Waals surface area contributed by atoms with Crippen LogP contribution >= 0.6 is 0 Å². The minimum absolute atomic E-state index is 0.412. The molecule has 0 radical (unpaired) electrons. The quantitative estimate of drug-likeness (QED) is 0.200. The van der Waals surface area contributed by atoms with E-state index in [1.807, 2.05) is 97.1 Å². The third kappa shape index (κ3) is 28.2. The van der Waals surface area contributed by atoms with Crippen molar-refractivity contribution in [3.8, 4) is 46.0 Å². The second kappa shape index (κ2) is 41.2. The second-order valence-corrected chi connectivity index (χ2v) is 15.3. The normalized spacial score (nSPS) is 19.0. The molecular weight excluding hydrogens is 953 g/mol. The lowest BCUT2D eigenvalue weighted by molar-refractivity contribution is 0.00248. The summed E-state index contributed by atoms with van der Waals surface area (Å²) in [6, 6.07) is 30.2. The summed E-state index contributed by atoms with van der Waals surface area (Å²) in [7, 11) is 0. The van der Waals surface area contributed by atoms with Gasteiger partial charge in [-0.2, -0.15) is 0 Å². The molecule has 2 aliphatic heterocycles. The molecule has 0 fully saturated rings. The van der Waals surface area contributed by atoms with E-state index in [-0.39, 0.29) is 0 Å². The van der Waals surface area contributed by atoms with Crippen molar-refractivity contribution in [2.45, 2.75) is 0 Å². The van der Waals surface area contributed by atoms with Gasteiger partial charge in [0.15, 0.2) is 46.0 Å². The first-order valence-electron chi connectivity index (χ1n) is 25.1. The molecule has 73 heavy (non-hydrogen) atoms. The molecule has 0 unspecified atom stereocenters. The van der Waals surface area contributed by atoms with Gasteiger partial charge in [0.25, 0.3) is 0 Å². The zero-order valence-corrected chi connectivity index (χ0v) is 42.2. The SMILES string of the molecule is c1ccc2c(c1)OCCOCCOCCOCCOc1ccccc1OCCOCCOCCO2.c1ccc2c(c1)OCCOCCOCCOCCOc1ccccc1OCCOCCOCCOCCO2. The van der Waals surface area contributed by atoms with E-state index in [4.69, 9.17) is 90.0 Å². The molecule has 0 N–H and O–H groups in total. The molecule has 0 spiro atoms. The van der Waals surface area contributed by atoms with Crippen LogP contribution in [0.15, 0.2) is 97.1 Å². The lowest BCUT2D eigenvalue weighted by Gasteiger charge is -2.14. The zero-order chi connectivity index (χ0) is 50.6. The van der Waals surface area contributed by atoms with Crippen molar-refractivity contribution in [2.24, 2.45) is 0 Å². The average Bonchev–Trinajstić information content (AvgIpc) is 3.42. The molecule has 4 aromatic carbocycles. The van der Waals surface area contributed by atoms with Crippen molar-refractivity contribution in [3.05, 3.63) is 97.1 Å². The molecule has 406 valence electrons. The highest BCUT2D eigenvalue weighted by Gasteiger charge is 2.09. The van der Waals surface area contributed by atoms with Crippen LogP contribution in [0.2, 0.25) is 0 Å². The van der Waals surface area contributed by atoms with E-state index in [1.54, 1.807) is 0 Å². The number of ether oxygens (including phenoxy) is 19. The lowest BCUT2D eigenvalue weighted by Crippen LogP contribution is -2.15. The topological polar surface area (TPSA) is 175 Å². The minimum Gasteiger partial charge on any atom is -0.487 e. The number of rotatable bonds is 0. The van der Waals surface area contributed by atoms with E-state index in [1.165, 1.54) is 0 Å². The molecule has 0 aromatic heterocycles. The van der Waals surface area contributed by atoms with Gasteiger partial charge in [-0.15, -0.1) is 0 Å². The number of hydrogen-bond donors (Lipinski definition) is 0. The van der Waals surface area contributed by atoms with Crippen LogP contribution in [0.5, 0.6) is 46.0 Å². The third-order valence-corrected chi connectivity index (χ3v) is 9.88. The predicted molar refractivity (Wildman–Crippen MR) is 269 cm³/mol. The first-order valence-corrected chi connectivity index (χ1v) is 25.1. The highest BCUT2D eigenvalue weighted by molar-refractivity contribution is 5.41. The van der Waals surface area contributed by atoms with Gasteiger partial charge < -0.3 is 90.0 Å². The maximum Gasteiger partial charge on any atom is 0.161 e. The Morgan fingerprint density at radius 2 is 0.233 bits per heavy atom. The summed E-state index contributed by atoms with van der Waals surface area (Å²) in [6.45, 7) is 13.7. The zero-order valence-electron chi connectivity index (χ0n) is 42.2. The van der Waals surface area contributed by atoms with Crippen LogP contribution in [0.25, 0.3) is 0 Å². The Kier molecular flexibility index (Phi) is 33.2. The van der Waals surface area contributed by atoms with Crippen molar-refractivity contribution in [1.82, 2.24) is 0 Å². The fourth-order valence-electron chi connectivity index (χ4n) is 6.39. The monoisotopic (exact) mass is 1030 g/mol. The second-order valence-electron chi connectivity index (χ2n) is 15.3. The maximum absolute atomic E-state index is 5.80. The van der Waals surface area contributed by atoms with Gasteiger partial charge in [0.2, 0.25) is 0 Å². The summed E-state index contributed by atoms with van der Waals surface area (Å²) in [6.07, 6.45) is 0. The Balaban J connectivity index is 0.000000272. The van der Waals surface area contributed by atoms with E-state index in [0.717, 1.165) is 0 Å². The highest BCUT2D eigenvalue weighted by atomic mass is 16.6. The number of benzene rings is 4. The van der Waals surface area contributed by atoms with Gasteiger partial charge in [0, 0.05) is 0 Å². The van der Waals surface area contributed by atoms with Crippen molar-refractivity contribution in [1.29, 1.82) is 0 Å². The molecule has 6 rings (SSSR count). The largest absolute Gasteiger partial charge is 0.487 e. The number of hydrogen-bond acceptors (Lipinski definition) is 19. The number of para-hydroxylation sites is 8. The van der Waals surface area contributed by atoms with Gasteiger partial charge in [-0.05, 0) is 48.5 Å². The smallest absolute Gasteiger partial charge is 0.161 e. The van der Waals surface area contributed by atoms with Crippen LogP contribution < -0.4 is 37.9 Å². The molecule has 19 heteroatoms. The van der Waals surface area contributed by atoms with E-state index in [2.05, 4.69) is 0 Å². The summed E-state index contributed by atoms with van der Waals surface area (Å²) >= 11 is 0. The highest BCUT2D eigenvalue weighted by Crippen LogP contribution is 2.29. The molecule has 19 nitrogen and oxygen atoms in total. The first kappa shape index (κ1) is 58.7.